The Hall–Kier alpha value is -4.40. The van der Waals surface area contributed by atoms with Crippen molar-refractivity contribution in [2.24, 2.45) is 0 Å². The Bertz CT molecular complexity index is 1340. The number of nitrogens with zero attached hydrogens (tertiary/aromatic N) is 2. The van der Waals surface area contributed by atoms with Crippen LogP contribution in [0.2, 0.25) is 0 Å². The average Bonchev–Trinajstić information content (AvgIpc) is 2.86. The highest BCUT2D eigenvalue weighted by atomic mass is 79.9. The van der Waals surface area contributed by atoms with Crippen LogP contribution in [0.25, 0.3) is 6.08 Å². The first kappa shape index (κ1) is 24.2. The number of halogens is 1. The van der Waals surface area contributed by atoms with Crippen molar-refractivity contribution >= 4 is 39.6 Å². The Balaban J connectivity index is 1.70. The molecule has 34 heavy (non-hydrogen) atoms. The van der Waals surface area contributed by atoms with Crippen LogP contribution in [0, 0.1) is 22.7 Å². The van der Waals surface area contributed by atoms with Gasteiger partial charge in [0.1, 0.15) is 24.0 Å². The van der Waals surface area contributed by atoms with Gasteiger partial charge in [-0.25, -0.2) is 4.79 Å². The van der Waals surface area contributed by atoms with Crippen molar-refractivity contribution < 1.29 is 19.1 Å². The van der Waals surface area contributed by atoms with Crippen LogP contribution in [0.15, 0.2) is 76.8 Å². The lowest BCUT2D eigenvalue weighted by molar-refractivity contribution is -0.112. The number of carbonyl (C=O) groups excluding carboxylic acids is 2. The Kier molecular flexibility index (Phi) is 8.17. The molecule has 0 saturated heterocycles. The van der Waals surface area contributed by atoms with Gasteiger partial charge in [0, 0.05) is 11.3 Å². The molecule has 8 heteroatoms. The van der Waals surface area contributed by atoms with Gasteiger partial charge in [-0.1, -0.05) is 24.3 Å². The number of anilines is 1. The Labute approximate surface area is 205 Å². The number of rotatable bonds is 7. The maximum atomic E-state index is 12.5. The summed E-state index contributed by atoms with van der Waals surface area (Å²) in [5.41, 5.74) is 2.61. The van der Waals surface area contributed by atoms with Crippen molar-refractivity contribution in [2.75, 3.05) is 12.4 Å². The zero-order valence-corrected chi connectivity index (χ0v) is 19.6. The van der Waals surface area contributed by atoms with Crippen molar-refractivity contribution in [3.05, 3.63) is 99.0 Å². The summed E-state index contributed by atoms with van der Waals surface area (Å²) in [7, 11) is 1.28. The van der Waals surface area contributed by atoms with Crippen LogP contribution in [0.5, 0.6) is 5.75 Å². The first-order valence-electron chi connectivity index (χ1n) is 9.97. The van der Waals surface area contributed by atoms with Crippen molar-refractivity contribution in [2.45, 2.75) is 6.61 Å². The maximum absolute atomic E-state index is 12.5. The van der Waals surface area contributed by atoms with E-state index in [1.807, 2.05) is 18.2 Å². The molecule has 0 aliphatic rings. The Morgan fingerprint density at radius 1 is 1.06 bits per heavy atom. The predicted octanol–water partition coefficient (Wildman–Crippen LogP) is 5.23. The van der Waals surface area contributed by atoms with Crippen molar-refractivity contribution in [3.63, 3.8) is 0 Å². The molecule has 3 aromatic carbocycles. The van der Waals surface area contributed by atoms with Gasteiger partial charge in [-0.05, 0) is 70.0 Å². The van der Waals surface area contributed by atoms with E-state index in [2.05, 4.69) is 32.1 Å². The molecule has 7 nitrogen and oxygen atoms in total. The van der Waals surface area contributed by atoms with Crippen molar-refractivity contribution in [1.29, 1.82) is 10.5 Å². The van der Waals surface area contributed by atoms with Crippen LogP contribution in [0.4, 0.5) is 5.69 Å². The van der Waals surface area contributed by atoms with Gasteiger partial charge in [-0.2, -0.15) is 10.5 Å². The molecular formula is C26H18BrN3O4. The van der Waals surface area contributed by atoms with Gasteiger partial charge in [-0.15, -0.1) is 0 Å². The largest absolute Gasteiger partial charge is 0.488 e. The monoisotopic (exact) mass is 515 g/mol. The fourth-order valence-electron chi connectivity index (χ4n) is 2.96. The van der Waals surface area contributed by atoms with E-state index in [9.17, 15) is 20.1 Å². The van der Waals surface area contributed by atoms with Gasteiger partial charge in [0.15, 0.2) is 0 Å². The number of carbonyl (C=O) groups is 2. The number of nitriles is 2. The number of benzene rings is 3. The van der Waals surface area contributed by atoms with Crippen LogP contribution in [-0.4, -0.2) is 19.0 Å². The third-order valence-electron chi connectivity index (χ3n) is 4.72. The van der Waals surface area contributed by atoms with Crippen LogP contribution in [0.1, 0.15) is 27.0 Å². The van der Waals surface area contributed by atoms with E-state index in [1.165, 1.54) is 25.3 Å². The van der Waals surface area contributed by atoms with Gasteiger partial charge in [0.25, 0.3) is 5.91 Å². The highest BCUT2D eigenvalue weighted by Gasteiger charge is 2.12. The second-order valence-electron chi connectivity index (χ2n) is 6.94. The van der Waals surface area contributed by atoms with E-state index >= 15 is 0 Å². The zero-order valence-electron chi connectivity index (χ0n) is 18.0. The van der Waals surface area contributed by atoms with E-state index in [0.717, 1.165) is 5.56 Å². The molecule has 0 atom stereocenters. The summed E-state index contributed by atoms with van der Waals surface area (Å²) in [6.07, 6.45) is 1.46. The van der Waals surface area contributed by atoms with E-state index < -0.39 is 11.9 Å². The van der Waals surface area contributed by atoms with Gasteiger partial charge in [0.2, 0.25) is 0 Å². The Morgan fingerprint density at radius 2 is 1.79 bits per heavy atom. The van der Waals surface area contributed by atoms with Gasteiger partial charge < -0.3 is 14.8 Å². The molecule has 0 radical (unpaired) electrons. The normalized spacial score (nSPS) is 10.5. The number of nitrogens with one attached hydrogen (secondary N) is 1. The zero-order chi connectivity index (χ0) is 24.5. The lowest BCUT2D eigenvalue weighted by Gasteiger charge is -2.10. The average molecular weight is 516 g/mol. The third kappa shape index (κ3) is 6.10. The number of ether oxygens (including phenoxy) is 2. The summed E-state index contributed by atoms with van der Waals surface area (Å²) in [4.78, 5) is 24.0. The molecule has 0 aliphatic heterocycles. The number of amides is 1. The number of hydrogen-bond acceptors (Lipinski definition) is 6. The Morgan fingerprint density at radius 3 is 2.44 bits per heavy atom. The lowest BCUT2D eigenvalue weighted by atomic mass is 10.1. The molecule has 1 N–H and O–H groups in total. The molecule has 0 heterocycles. The summed E-state index contributed by atoms with van der Waals surface area (Å²) in [6, 6.07) is 22.5. The minimum absolute atomic E-state index is 0.0967. The van der Waals surface area contributed by atoms with Gasteiger partial charge in [-0.3, -0.25) is 4.79 Å². The number of hydrogen-bond donors (Lipinski definition) is 1. The summed E-state index contributed by atoms with van der Waals surface area (Å²) >= 11 is 3.44. The number of esters is 1. The SMILES string of the molecule is COC(=O)c1ccc(NC(=O)/C(C#N)=C/c2ccc(OCc3ccccc3C#N)c(Br)c2)cc1. The quantitative estimate of drug-likeness (QED) is 0.261. The molecule has 0 fully saturated rings. The summed E-state index contributed by atoms with van der Waals surface area (Å²) in [5.74, 6) is -0.515. The van der Waals surface area contributed by atoms with E-state index in [4.69, 9.17) is 4.74 Å². The van der Waals surface area contributed by atoms with E-state index in [0.29, 0.717) is 32.6 Å². The van der Waals surface area contributed by atoms with Crippen LogP contribution in [-0.2, 0) is 16.1 Å². The second-order valence-corrected chi connectivity index (χ2v) is 7.79. The molecular weight excluding hydrogens is 498 g/mol. The molecule has 0 saturated carbocycles. The summed E-state index contributed by atoms with van der Waals surface area (Å²) < 4.78 is 11.1. The van der Waals surface area contributed by atoms with Gasteiger partial charge in [0.05, 0.1) is 28.8 Å². The van der Waals surface area contributed by atoms with Crippen molar-refractivity contribution in [3.8, 4) is 17.9 Å². The third-order valence-corrected chi connectivity index (χ3v) is 5.34. The minimum atomic E-state index is -0.585. The predicted molar refractivity (Wildman–Crippen MR) is 130 cm³/mol. The second kappa shape index (κ2) is 11.5. The molecule has 1 amide bonds. The molecule has 0 aromatic heterocycles. The highest BCUT2D eigenvalue weighted by molar-refractivity contribution is 9.10. The molecule has 0 unspecified atom stereocenters. The topological polar surface area (TPSA) is 112 Å². The molecule has 0 spiro atoms. The standard InChI is InChI=1S/C26H18BrN3O4/c1-33-26(32)18-7-9-22(10-8-18)30-25(31)21(15-29)12-17-6-11-24(23(27)13-17)34-16-20-5-3-2-4-19(20)14-28/h2-13H,16H2,1H3,(H,30,31)/b21-12+. The first-order chi connectivity index (χ1) is 16.4. The number of methoxy groups -OCH3 is 1. The van der Waals surface area contributed by atoms with Crippen LogP contribution >= 0.6 is 15.9 Å². The maximum Gasteiger partial charge on any atom is 0.337 e. The fraction of sp³-hybridized carbons (Fsp3) is 0.0769. The van der Waals surface area contributed by atoms with Gasteiger partial charge >= 0.3 is 5.97 Å². The summed E-state index contributed by atoms with van der Waals surface area (Å²) in [6.45, 7) is 0.220. The molecule has 3 rings (SSSR count). The minimum Gasteiger partial charge on any atom is -0.488 e. The fourth-order valence-corrected chi connectivity index (χ4v) is 3.47. The smallest absolute Gasteiger partial charge is 0.337 e. The van der Waals surface area contributed by atoms with Crippen LogP contribution < -0.4 is 10.1 Å². The van der Waals surface area contributed by atoms with Crippen molar-refractivity contribution in [1.82, 2.24) is 0 Å². The molecule has 3 aromatic rings. The first-order valence-corrected chi connectivity index (χ1v) is 10.8. The summed E-state index contributed by atoms with van der Waals surface area (Å²) in [5, 5.41) is 21.3. The van der Waals surface area contributed by atoms with E-state index in [-0.39, 0.29) is 12.2 Å². The molecule has 0 bridgehead atoms. The van der Waals surface area contributed by atoms with E-state index in [1.54, 1.807) is 42.5 Å². The highest BCUT2D eigenvalue weighted by Crippen LogP contribution is 2.28. The molecule has 168 valence electrons. The lowest BCUT2D eigenvalue weighted by Crippen LogP contribution is -2.13. The van der Waals surface area contributed by atoms with Crippen LogP contribution in [0.3, 0.4) is 0 Å². The molecule has 0 aliphatic carbocycles.